The monoisotopic (exact) mass is 857 g/mol. The molecule has 314 valence electrons. The molecule has 4 heterocycles. The van der Waals surface area contributed by atoms with Gasteiger partial charge in [-0.05, 0) is 99.1 Å². The first-order chi connectivity index (χ1) is 25.1. The number of nitrogens with two attached hydrogens (primary N) is 5. The molecule has 4 aromatic heterocycles. The molecule has 0 fully saturated rings. The summed E-state index contributed by atoms with van der Waals surface area (Å²) in [6.07, 6.45) is 4.11. The molecule has 15 nitrogen and oxygen atoms in total. The maximum atomic E-state index is 11.2. The number of aromatic nitrogens is 2. The summed E-state index contributed by atoms with van der Waals surface area (Å²) < 4.78 is 30.9. The lowest BCUT2D eigenvalue weighted by Gasteiger charge is -2.20. The van der Waals surface area contributed by atoms with Gasteiger partial charge >= 0.3 is 0 Å². The van der Waals surface area contributed by atoms with Crippen LogP contribution < -0.4 is 28.7 Å². The number of rotatable bonds is 6. The smallest absolute Gasteiger partial charge is 0.228 e. The van der Waals surface area contributed by atoms with E-state index in [2.05, 4.69) is 14.1 Å². The Hall–Kier alpha value is -3.79. The van der Waals surface area contributed by atoms with E-state index in [1.165, 1.54) is 34.4 Å². The summed E-state index contributed by atoms with van der Waals surface area (Å²) in [5, 5.41) is 56.9. The van der Waals surface area contributed by atoms with Crippen LogP contribution in [0.15, 0.2) is 56.2 Å². The Kier molecular flexibility index (Phi) is 17.1. The van der Waals surface area contributed by atoms with Crippen LogP contribution in [0.25, 0.3) is 0 Å². The minimum atomic E-state index is -3.30. The highest BCUT2D eigenvalue weighted by atomic mass is 32.2. The van der Waals surface area contributed by atoms with Gasteiger partial charge in [0, 0.05) is 51.3 Å². The summed E-state index contributed by atoms with van der Waals surface area (Å²) in [7, 11) is -3.30. The van der Waals surface area contributed by atoms with E-state index < -0.39 is 37.8 Å². The van der Waals surface area contributed by atoms with Crippen molar-refractivity contribution >= 4 is 72.0 Å². The van der Waals surface area contributed by atoms with Crippen LogP contribution in [-0.2, 0) is 37.8 Å². The largest absolute Gasteiger partial charge is 0.398 e. The maximum absolute atomic E-state index is 11.2. The van der Waals surface area contributed by atoms with Crippen molar-refractivity contribution in [1.82, 2.24) is 9.53 Å². The molecule has 5 aromatic rings. The number of hydrogen-bond acceptors (Lipinski definition) is 18. The van der Waals surface area contributed by atoms with E-state index in [1.54, 1.807) is 75.4 Å². The van der Waals surface area contributed by atoms with Gasteiger partial charge in [0.05, 0.1) is 50.3 Å². The highest BCUT2D eigenvalue weighted by Gasteiger charge is 2.26. The number of benzene rings is 1. The van der Waals surface area contributed by atoms with E-state index in [-0.39, 0.29) is 16.5 Å². The van der Waals surface area contributed by atoms with Crippen LogP contribution in [-0.4, -0.2) is 49.7 Å². The first-order valence-electron chi connectivity index (χ1n) is 16.9. The van der Waals surface area contributed by atoms with E-state index in [4.69, 9.17) is 28.7 Å². The summed E-state index contributed by atoms with van der Waals surface area (Å²) in [6.45, 7) is 18.7. The van der Waals surface area contributed by atoms with E-state index in [9.17, 15) is 34.0 Å². The van der Waals surface area contributed by atoms with Crippen LogP contribution >= 0.6 is 34.2 Å². The Bertz CT molecular complexity index is 1970. The van der Waals surface area contributed by atoms with Crippen molar-refractivity contribution < 1.29 is 38.5 Å². The first-order valence-corrected chi connectivity index (χ1v) is 21.4. The van der Waals surface area contributed by atoms with Crippen LogP contribution in [0.5, 0.6) is 0 Å². The third kappa shape index (κ3) is 15.6. The second-order valence-corrected chi connectivity index (χ2v) is 19.9. The van der Waals surface area contributed by atoms with Gasteiger partial charge in [0.25, 0.3) is 0 Å². The SMILES string of the molecule is CC(C)(O)c1cnoc1N.CC(C)(O)c1cnsc1N.CC(C)(O)c1cscc1N.CC(C)(O)c1scc(S(C)(=O)=O)c1N.Cc1ccc(N)c(C(C)(C)O)c1. The molecule has 0 saturated heterocycles. The fraction of sp³-hybridized carbons (Fsp3) is 0.459. The summed E-state index contributed by atoms with van der Waals surface area (Å²) in [4.78, 5) is 0.581. The van der Waals surface area contributed by atoms with Crippen LogP contribution in [0, 0.1) is 6.92 Å². The molecule has 0 unspecified atom stereocenters. The molecule has 0 saturated carbocycles. The zero-order chi connectivity index (χ0) is 43.8. The topological polar surface area (TPSA) is 304 Å². The van der Waals surface area contributed by atoms with Crippen molar-refractivity contribution in [1.29, 1.82) is 0 Å². The predicted molar refractivity (Wildman–Crippen MR) is 230 cm³/mol. The lowest BCUT2D eigenvalue weighted by Crippen LogP contribution is -2.17. The molecule has 5 rings (SSSR count). The molecule has 19 heteroatoms. The highest BCUT2D eigenvalue weighted by Crippen LogP contribution is 2.36. The highest BCUT2D eigenvalue weighted by molar-refractivity contribution is 7.91. The van der Waals surface area contributed by atoms with Gasteiger partial charge in [0.15, 0.2) is 9.84 Å². The lowest BCUT2D eigenvalue weighted by atomic mass is 9.95. The first kappa shape index (κ1) is 50.2. The van der Waals surface area contributed by atoms with Gasteiger partial charge in [0.1, 0.15) is 9.90 Å². The zero-order valence-corrected chi connectivity index (χ0v) is 37.3. The number of nitrogens with zero attached hydrogens (tertiary/aromatic N) is 2. The number of aliphatic hydroxyl groups is 5. The molecule has 0 aliphatic rings. The number of hydrogen-bond donors (Lipinski definition) is 10. The summed E-state index contributed by atoms with van der Waals surface area (Å²) in [6, 6.07) is 5.67. The van der Waals surface area contributed by atoms with Crippen LogP contribution in [0.1, 0.15) is 102 Å². The molecule has 0 radical (unpaired) electrons. The predicted octanol–water partition coefficient (Wildman–Crippen LogP) is 5.76. The average Bonchev–Trinajstić information content (AvgIpc) is 3.81. The van der Waals surface area contributed by atoms with Gasteiger partial charge in [-0.1, -0.05) is 22.9 Å². The number of anilines is 5. The minimum Gasteiger partial charge on any atom is -0.398 e. The Balaban J connectivity index is 0.000000352. The summed E-state index contributed by atoms with van der Waals surface area (Å²) >= 11 is 3.86. The van der Waals surface area contributed by atoms with E-state index in [0.717, 1.165) is 34.3 Å². The van der Waals surface area contributed by atoms with Gasteiger partial charge in [-0.2, -0.15) is 4.37 Å². The van der Waals surface area contributed by atoms with Crippen molar-refractivity contribution in [3.05, 3.63) is 79.4 Å². The van der Waals surface area contributed by atoms with Crippen molar-refractivity contribution in [3.8, 4) is 0 Å². The third-order valence-electron chi connectivity index (χ3n) is 7.48. The van der Waals surface area contributed by atoms with Gasteiger partial charge in [0.2, 0.25) is 5.88 Å². The van der Waals surface area contributed by atoms with Gasteiger partial charge in [-0.3, -0.25) is 0 Å². The second kappa shape index (κ2) is 19.1. The Morgan fingerprint density at radius 2 is 1.18 bits per heavy atom. The number of thiophene rings is 2. The molecule has 1 aromatic carbocycles. The molecular weight excluding hydrogens is 799 g/mol. The standard InChI is InChI=1S/C10H15NO.C8H13NO3S2.C7H11NOS.C6H10N2O2.C6H10N2OS/c1-7-4-5-9(11)8(6-7)10(2,3)12;1-8(2,10)7-6(9)5(4-13-7)14(3,11)12;1-7(2,9)5-3-10-4-6(5)8;2*1-6(2,9)4-3-8-10-5(4)7/h4-6,12H,11H2,1-3H3;4,10H,9H2,1-3H3;3-4,9H,8H2,1-2H3;2*3,9H,7H2,1-2H3. The van der Waals surface area contributed by atoms with Crippen molar-refractivity contribution in [2.45, 2.75) is 109 Å². The molecular formula is C37H59N7O8S4. The normalized spacial score (nSPS) is 12.2. The van der Waals surface area contributed by atoms with Crippen LogP contribution in [0.4, 0.5) is 27.9 Å². The maximum Gasteiger partial charge on any atom is 0.228 e. The summed E-state index contributed by atoms with van der Waals surface area (Å²) in [5.74, 6) is 0.174. The number of aryl methyl sites for hydroxylation is 1. The molecule has 0 spiro atoms. The quantitative estimate of drug-likeness (QED) is 0.0908. The molecule has 56 heavy (non-hydrogen) atoms. The van der Waals surface area contributed by atoms with Crippen molar-refractivity contribution in [2.24, 2.45) is 0 Å². The van der Waals surface area contributed by atoms with E-state index >= 15 is 0 Å². The fourth-order valence-electron chi connectivity index (χ4n) is 4.53. The number of nitrogen functional groups attached to an aromatic ring is 5. The molecule has 0 aliphatic heterocycles. The zero-order valence-electron chi connectivity index (χ0n) is 34.0. The van der Waals surface area contributed by atoms with Gasteiger partial charge < -0.3 is 58.7 Å². The molecule has 0 bridgehead atoms. The van der Waals surface area contributed by atoms with Crippen molar-refractivity contribution in [3.63, 3.8) is 0 Å². The lowest BCUT2D eigenvalue weighted by molar-refractivity contribution is 0.0785. The fourth-order valence-corrected chi connectivity index (χ4v) is 8.39. The third-order valence-corrected chi connectivity index (χ3v) is 11.5. The average molecular weight is 858 g/mol. The molecule has 0 amide bonds. The van der Waals surface area contributed by atoms with Gasteiger partial charge in [-0.15, -0.1) is 22.7 Å². The Labute approximate surface area is 341 Å². The van der Waals surface area contributed by atoms with Crippen molar-refractivity contribution in [2.75, 3.05) is 34.9 Å². The van der Waals surface area contributed by atoms with Crippen LogP contribution in [0.2, 0.25) is 0 Å². The number of sulfone groups is 1. The second-order valence-electron chi connectivity index (χ2n) is 15.4. The minimum absolute atomic E-state index is 0.0969. The molecule has 0 aliphatic carbocycles. The molecule has 0 atom stereocenters. The van der Waals surface area contributed by atoms with Crippen LogP contribution in [0.3, 0.4) is 0 Å². The van der Waals surface area contributed by atoms with Gasteiger partial charge in [-0.25, -0.2) is 8.42 Å². The Morgan fingerprint density at radius 1 is 0.661 bits per heavy atom. The molecule has 15 N–H and O–H groups in total. The van der Waals surface area contributed by atoms with E-state index in [0.29, 0.717) is 32.4 Å². The summed E-state index contributed by atoms with van der Waals surface area (Å²) in [5.41, 5.74) is 28.6. The Morgan fingerprint density at radius 3 is 1.43 bits per heavy atom. The van der Waals surface area contributed by atoms with E-state index in [1.807, 2.05) is 35.9 Å².